The molecule has 0 saturated heterocycles. The second-order valence-electron chi connectivity index (χ2n) is 20.8. The second kappa shape index (κ2) is 14.8. The van der Waals surface area contributed by atoms with Crippen LogP contribution in [0, 0.1) is 83.1 Å². The Balaban J connectivity index is 1.09. The lowest BCUT2D eigenvalue weighted by Crippen LogP contribution is -2.12. The third-order valence-electron chi connectivity index (χ3n) is 16.9. The highest BCUT2D eigenvalue weighted by atomic mass is 15.2. The number of hydrogen-bond acceptors (Lipinski definition) is 2. The van der Waals surface area contributed by atoms with Gasteiger partial charge in [0, 0.05) is 65.8 Å². The van der Waals surface area contributed by atoms with Crippen molar-refractivity contribution in [3.8, 4) is 0 Å². The third-order valence-corrected chi connectivity index (χ3v) is 16.9. The van der Waals surface area contributed by atoms with Crippen molar-refractivity contribution in [2.45, 2.75) is 83.1 Å². The van der Waals surface area contributed by atoms with Crippen molar-refractivity contribution >= 4 is 110 Å². The molecule has 0 aliphatic carbocycles. The molecule has 4 heterocycles. The zero-order valence-corrected chi connectivity index (χ0v) is 42.5. The van der Waals surface area contributed by atoms with E-state index < -0.39 is 0 Å². The van der Waals surface area contributed by atoms with Crippen LogP contribution < -0.4 is 9.80 Å². The maximum absolute atomic E-state index is 2.56. The summed E-state index contributed by atoms with van der Waals surface area (Å²) in [5.74, 6) is 0. The second-order valence-corrected chi connectivity index (χ2v) is 20.8. The molecule has 0 bridgehead atoms. The lowest BCUT2D eigenvalue weighted by atomic mass is 9.99. The molecule has 4 heteroatoms. The van der Waals surface area contributed by atoms with Crippen LogP contribution in [0.25, 0.3) is 76.2 Å². The van der Waals surface area contributed by atoms with Gasteiger partial charge in [-0.25, -0.2) is 0 Å². The van der Waals surface area contributed by atoms with E-state index in [0.717, 1.165) is 0 Å². The molecule has 342 valence electrons. The van der Waals surface area contributed by atoms with Gasteiger partial charge in [-0.3, -0.25) is 0 Å². The molecule has 70 heavy (non-hydrogen) atoms. The molecule has 9 aromatic carbocycles. The average Bonchev–Trinajstić information content (AvgIpc) is 4.07. The van der Waals surface area contributed by atoms with Gasteiger partial charge in [-0.15, -0.1) is 0 Å². The van der Waals surface area contributed by atoms with Gasteiger partial charge in [0.2, 0.25) is 0 Å². The Labute approximate surface area is 410 Å². The summed E-state index contributed by atoms with van der Waals surface area (Å²) >= 11 is 0. The topological polar surface area (TPSA) is 15.3 Å². The Morgan fingerprint density at radius 2 is 0.543 bits per heavy atom. The van der Waals surface area contributed by atoms with Crippen molar-refractivity contribution in [3.05, 3.63) is 200 Å². The Hall–Kier alpha value is -7.82. The molecule has 0 radical (unpaired) electrons. The van der Waals surface area contributed by atoms with E-state index in [9.17, 15) is 0 Å². The highest BCUT2D eigenvalue weighted by Crippen LogP contribution is 2.51. The first-order valence-corrected chi connectivity index (χ1v) is 24.9. The number of aryl methyl sites for hydroxylation is 8. The van der Waals surface area contributed by atoms with Crippen molar-refractivity contribution in [1.29, 1.82) is 0 Å². The van der Waals surface area contributed by atoms with Gasteiger partial charge in [0.05, 0.1) is 44.5 Å². The fourth-order valence-corrected chi connectivity index (χ4v) is 12.3. The summed E-state index contributed by atoms with van der Waals surface area (Å²) in [6, 6.07) is 51.7. The summed E-state index contributed by atoms with van der Waals surface area (Å²) in [6.45, 7) is 26.9. The number of nitrogens with zero attached hydrogens (tertiary/aromatic N) is 4. The zero-order chi connectivity index (χ0) is 48.3. The Morgan fingerprint density at radius 1 is 0.271 bits per heavy atom. The number of para-hydroxylation sites is 2. The predicted molar refractivity (Wildman–Crippen MR) is 302 cm³/mol. The molecule has 4 nitrogen and oxygen atoms in total. The van der Waals surface area contributed by atoms with Crippen molar-refractivity contribution < 1.29 is 0 Å². The first kappa shape index (κ1) is 42.3. The van der Waals surface area contributed by atoms with Gasteiger partial charge in [-0.2, -0.15) is 0 Å². The molecule has 13 rings (SSSR count). The van der Waals surface area contributed by atoms with Crippen LogP contribution >= 0.6 is 0 Å². The van der Waals surface area contributed by atoms with Gasteiger partial charge >= 0.3 is 0 Å². The summed E-state index contributed by atoms with van der Waals surface area (Å²) in [5.41, 5.74) is 30.4. The van der Waals surface area contributed by atoms with E-state index in [4.69, 9.17) is 0 Å². The molecule has 0 spiro atoms. The summed E-state index contributed by atoms with van der Waals surface area (Å²) in [5, 5.41) is 10.2. The molecule has 0 fully saturated rings. The minimum absolute atomic E-state index is 1.18. The van der Waals surface area contributed by atoms with E-state index >= 15 is 0 Å². The van der Waals surface area contributed by atoms with E-state index in [-0.39, 0.29) is 0 Å². The maximum Gasteiger partial charge on any atom is 0.0621 e. The molecule has 0 unspecified atom stereocenters. The normalized spacial score (nSPS) is 12.3. The molecule has 0 N–H and O–H groups in total. The van der Waals surface area contributed by atoms with Crippen LogP contribution in [0.1, 0.15) is 66.8 Å². The van der Waals surface area contributed by atoms with Gasteiger partial charge in [0.15, 0.2) is 0 Å². The maximum atomic E-state index is 2.56. The monoisotopic (exact) mass is 906 g/mol. The SMILES string of the molecule is Cc1cc(N(c2cc(C)c(C)c(C)c2)c2cccc3c2c2cccc4c5cc6c(cc5n3c42)c2cccc3c4c(N(c5cc(C)c(C)c(C)c5)c5cc(C)c(C)c(C)c5)cccc4n6c23)cc(C)c1C. The summed E-state index contributed by atoms with van der Waals surface area (Å²) in [6.07, 6.45) is 0. The van der Waals surface area contributed by atoms with Crippen LogP contribution in [-0.4, -0.2) is 8.80 Å². The van der Waals surface area contributed by atoms with Crippen LogP contribution in [0.15, 0.2) is 133 Å². The van der Waals surface area contributed by atoms with Gasteiger partial charge in [-0.1, -0.05) is 48.5 Å². The molecule has 0 saturated carbocycles. The molecule has 0 aliphatic rings. The van der Waals surface area contributed by atoms with Crippen molar-refractivity contribution in [2.24, 2.45) is 0 Å². The van der Waals surface area contributed by atoms with Gasteiger partial charge in [0.25, 0.3) is 0 Å². The lowest BCUT2D eigenvalue weighted by molar-refractivity contribution is 1.19. The zero-order valence-electron chi connectivity index (χ0n) is 42.5. The minimum Gasteiger partial charge on any atom is -0.310 e. The van der Waals surface area contributed by atoms with Gasteiger partial charge in [-0.05, 0) is 235 Å². The van der Waals surface area contributed by atoms with E-state index in [1.54, 1.807) is 0 Å². The number of aromatic nitrogens is 2. The minimum atomic E-state index is 1.18. The van der Waals surface area contributed by atoms with Crippen molar-refractivity contribution in [1.82, 2.24) is 8.80 Å². The number of hydrogen-bond donors (Lipinski definition) is 0. The number of anilines is 6. The number of rotatable bonds is 6. The smallest absolute Gasteiger partial charge is 0.0621 e. The van der Waals surface area contributed by atoms with Crippen LogP contribution in [0.5, 0.6) is 0 Å². The summed E-state index contributed by atoms with van der Waals surface area (Å²) in [7, 11) is 0. The molecule has 13 aromatic rings. The van der Waals surface area contributed by atoms with Crippen LogP contribution in [0.2, 0.25) is 0 Å². The van der Waals surface area contributed by atoms with E-state index in [1.807, 2.05) is 0 Å². The van der Waals surface area contributed by atoms with Gasteiger partial charge < -0.3 is 18.6 Å². The first-order valence-electron chi connectivity index (χ1n) is 24.9. The lowest BCUT2D eigenvalue weighted by Gasteiger charge is -2.29. The molecule has 0 atom stereocenters. The van der Waals surface area contributed by atoms with E-state index in [1.165, 1.54) is 177 Å². The Bertz CT molecular complexity index is 3890. The Kier molecular flexibility index (Phi) is 8.97. The van der Waals surface area contributed by atoms with Crippen LogP contribution in [0.4, 0.5) is 34.1 Å². The van der Waals surface area contributed by atoms with Crippen LogP contribution in [0.3, 0.4) is 0 Å². The van der Waals surface area contributed by atoms with E-state index in [0.29, 0.717) is 0 Å². The quantitative estimate of drug-likeness (QED) is 0.165. The molecule has 0 aliphatic heterocycles. The average molecular weight is 907 g/mol. The first-order chi connectivity index (χ1) is 33.7. The van der Waals surface area contributed by atoms with Crippen LogP contribution in [-0.2, 0) is 0 Å². The third kappa shape index (κ3) is 5.71. The van der Waals surface area contributed by atoms with E-state index in [2.05, 4.69) is 235 Å². The highest BCUT2D eigenvalue weighted by Gasteiger charge is 2.28. The molecule has 0 amide bonds. The molecular weight excluding hydrogens is 849 g/mol. The number of fused-ring (bicyclic) bond motifs is 12. The fourth-order valence-electron chi connectivity index (χ4n) is 12.3. The van der Waals surface area contributed by atoms with Crippen molar-refractivity contribution in [3.63, 3.8) is 0 Å². The standard InChI is InChI=1S/C66H58N4/c1-35-25-47(26-36(2)43(35)9)67(48-27-37(3)44(10)38(4)28-48)57-21-15-23-59-63(57)53-19-13-17-51-55-34-62-56(33-61(55)69(59)65(51)53)52-18-14-20-54-64-58(22-16-24-60(64)70(62)66(52)54)68(49-29-39(5)45(11)40(6)30-49)50-31-41(7)46(12)42(8)32-50/h13-34H,1-12H3. The summed E-state index contributed by atoms with van der Waals surface area (Å²) in [4.78, 5) is 5.03. The Morgan fingerprint density at radius 3 is 0.843 bits per heavy atom. The van der Waals surface area contributed by atoms with Crippen molar-refractivity contribution in [2.75, 3.05) is 9.80 Å². The molecular formula is C66H58N4. The van der Waals surface area contributed by atoms with Gasteiger partial charge in [0.1, 0.15) is 0 Å². The predicted octanol–water partition coefficient (Wildman–Crippen LogP) is 18.6. The number of benzene rings is 9. The molecule has 4 aromatic heterocycles. The fraction of sp³-hybridized carbons (Fsp3) is 0.182. The largest absolute Gasteiger partial charge is 0.310 e. The summed E-state index contributed by atoms with van der Waals surface area (Å²) < 4.78 is 5.13. The highest BCUT2D eigenvalue weighted by molar-refractivity contribution is 6.31.